The van der Waals surface area contributed by atoms with Crippen LogP contribution in [0.5, 0.6) is 0 Å². The molecule has 2 unspecified atom stereocenters. The van der Waals surface area contributed by atoms with Gasteiger partial charge in [0.1, 0.15) is 0 Å². The van der Waals surface area contributed by atoms with Gasteiger partial charge in [0.2, 0.25) is 0 Å². The largest absolute Gasteiger partial charge is 0.385 e. The molecule has 1 N–H and O–H groups in total. The van der Waals surface area contributed by atoms with Gasteiger partial charge in [-0.1, -0.05) is 12.1 Å². The van der Waals surface area contributed by atoms with E-state index in [0.717, 1.165) is 29.2 Å². The first-order valence-corrected chi connectivity index (χ1v) is 8.39. The number of aromatic nitrogens is 1. The number of hydrogen-bond acceptors (Lipinski definition) is 3. The summed E-state index contributed by atoms with van der Waals surface area (Å²) in [5, 5.41) is 13.6. The Morgan fingerprint density at radius 1 is 1.15 bits per heavy atom. The van der Waals surface area contributed by atoms with Crippen molar-refractivity contribution in [1.82, 2.24) is 4.98 Å². The van der Waals surface area contributed by atoms with Gasteiger partial charge in [-0.05, 0) is 48.8 Å². The Morgan fingerprint density at radius 2 is 1.90 bits per heavy atom. The van der Waals surface area contributed by atoms with E-state index in [9.17, 15) is 9.32 Å². The van der Waals surface area contributed by atoms with Crippen molar-refractivity contribution in [2.45, 2.75) is 41.8 Å². The molecule has 1 aromatic heterocycles. The second kappa shape index (κ2) is 4.37. The average Bonchev–Trinajstić information content (AvgIpc) is 2.70. The molecule has 104 valence electrons. The van der Waals surface area contributed by atoms with Gasteiger partial charge in [0, 0.05) is 39.1 Å². The van der Waals surface area contributed by atoms with Crippen LogP contribution in [0.3, 0.4) is 0 Å². The fourth-order valence-corrected chi connectivity index (χ4v) is 5.85. The van der Waals surface area contributed by atoms with Crippen molar-refractivity contribution in [3.63, 3.8) is 0 Å². The van der Waals surface area contributed by atoms with E-state index in [1.54, 1.807) is 6.20 Å². The zero-order valence-corrected chi connectivity index (χ0v) is 12.0. The second-order valence-electron chi connectivity index (χ2n) is 6.03. The van der Waals surface area contributed by atoms with E-state index >= 15 is 0 Å². The van der Waals surface area contributed by atoms with Gasteiger partial charge in [0.05, 0.1) is 5.60 Å². The average molecular weight is 287 g/mol. The van der Waals surface area contributed by atoms with Gasteiger partial charge in [0.25, 0.3) is 0 Å². The first-order valence-electron chi connectivity index (χ1n) is 7.12. The van der Waals surface area contributed by atoms with Gasteiger partial charge in [-0.3, -0.25) is 9.19 Å². The number of nitrogens with zero attached hydrogens (tertiary/aromatic N) is 1. The van der Waals surface area contributed by atoms with Crippen LogP contribution in [0.15, 0.2) is 36.7 Å². The minimum Gasteiger partial charge on any atom is -0.385 e. The lowest BCUT2D eigenvalue weighted by Gasteiger charge is -2.36. The highest BCUT2D eigenvalue weighted by Crippen LogP contribution is 2.46. The Kier molecular flexibility index (Phi) is 2.72. The van der Waals surface area contributed by atoms with Crippen LogP contribution in [0.1, 0.15) is 31.2 Å². The summed E-state index contributed by atoms with van der Waals surface area (Å²) in [6.07, 6.45) is 6.87. The third kappa shape index (κ3) is 1.82. The van der Waals surface area contributed by atoms with Crippen molar-refractivity contribution in [2.24, 2.45) is 0 Å². The number of fused-ring (bicyclic) bond motifs is 3. The highest BCUT2D eigenvalue weighted by molar-refractivity contribution is 7.86. The van der Waals surface area contributed by atoms with Gasteiger partial charge in [0.15, 0.2) is 0 Å². The van der Waals surface area contributed by atoms with E-state index in [4.69, 9.17) is 0 Å². The van der Waals surface area contributed by atoms with Crippen LogP contribution in [0.4, 0.5) is 0 Å². The molecule has 2 atom stereocenters. The first-order chi connectivity index (χ1) is 9.66. The zero-order valence-electron chi connectivity index (χ0n) is 11.2. The van der Waals surface area contributed by atoms with Crippen LogP contribution >= 0.6 is 0 Å². The summed E-state index contributed by atoms with van der Waals surface area (Å²) < 4.78 is 12.1. The van der Waals surface area contributed by atoms with E-state index in [0.29, 0.717) is 12.8 Å². The molecule has 0 saturated carbocycles. The van der Waals surface area contributed by atoms with Gasteiger partial charge in [-0.2, -0.15) is 0 Å². The molecule has 2 aliphatic heterocycles. The third-order valence-electron chi connectivity index (χ3n) is 4.78. The van der Waals surface area contributed by atoms with Crippen LogP contribution in [0.2, 0.25) is 0 Å². The number of hydrogen-bond donors (Lipinski definition) is 1. The number of benzene rings is 1. The molecule has 0 aliphatic carbocycles. The van der Waals surface area contributed by atoms with Crippen LogP contribution < -0.4 is 0 Å². The van der Waals surface area contributed by atoms with Crippen molar-refractivity contribution in [3.8, 4) is 0 Å². The van der Waals surface area contributed by atoms with Gasteiger partial charge in [-0.25, -0.2) is 0 Å². The van der Waals surface area contributed by atoms with Crippen LogP contribution in [0.25, 0.3) is 10.8 Å². The Labute approximate surface area is 120 Å². The Bertz CT molecular complexity index is 684. The first kappa shape index (κ1) is 12.5. The maximum atomic E-state index is 12.1. The zero-order chi connectivity index (χ0) is 13.7. The fourth-order valence-electron chi connectivity index (χ4n) is 3.69. The van der Waals surface area contributed by atoms with Gasteiger partial charge >= 0.3 is 0 Å². The molecular formula is C16H17NO2S. The van der Waals surface area contributed by atoms with Crippen molar-refractivity contribution >= 4 is 21.6 Å². The summed E-state index contributed by atoms with van der Waals surface area (Å²) in [7, 11) is -0.736. The minimum atomic E-state index is -0.808. The quantitative estimate of drug-likeness (QED) is 0.876. The molecule has 3 heterocycles. The molecule has 2 fully saturated rings. The lowest BCUT2D eigenvalue weighted by Crippen LogP contribution is -2.40. The fraction of sp³-hybridized carbons (Fsp3) is 0.438. The molecule has 0 radical (unpaired) electrons. The van der Waals surface area contributed by atoms with Crippen LogP contribution in [-0.4, -0.2) is 24.8 Å². The molecule has 2 aromatic rings. The monoisotopic (exact) mass is 287 g/mol. The van der Waals surface area contributed by atoms with Crippen LogP contribution in [0, 0.1) is 0 Å². The highest BCUT2D eigenvalue weighted by Gasteiger charge is 2.48. The molecule has 0 spiro atoms. The summed E-state index contributed by atoms with van der Waals surface area (Å²) in [6, 6.07) is 8.04. The molecule has 3 nitrogen and oxygen atoms in total. The van der Waals surface area contributed by atoms with E-state index in [1.807, 2.05) is 24.4 Å². The minimum absolute atomic E-state index is 0.173. The predicted molar refractivity (Wildman–Crippen MR) is 79.8 cm³/mol. The maximum Gasteiger partial charge on any atom is 0.0919 e. The number of aliphatic hydroxyl groups is 1. The summed E-state index contributed by atoms with van der Waals surface area (Å²) in [6.45, 7) is 0. The lowest BCUT2D eigenvalue weighted by molar-refractivity contribution is 0.0186. The summed E-state index contributed by atoms with van der Waals surface area (Å²) >= 11 is 0. The van der Waals surface area contributed by atoms with E-state index in [1.165, 1.54) is 0 Å². The summed E-state index contributed by atoms with van der Waals surface area (Å²) in [5.41, 5.74) is 0.154. The molecule has 4 heteroatoms. The Balaban J connectivity index is 1.76. The normalized spacial score (nSPS) is 36.4. The van der Waals surface area contributed by atoms with Gasteiger partial charge < -0.3 is 5.11 Å². The summed E-state index contributed by atoms with van der Waals surface area (Å²) in [5.74, 6) is 0. The molecule has 2 saturated heterocycles. The van der Waals surface area contributed by atoms with Crippen LogP contribution in [-0.2, 0) is 16.4 Å². The molecule has 2 bridgehead atoms. The Hall–Kier alpha value is -1.26. The smallest absolute Gasteiger partial charge is 0.0919 e. The van der Waals surface area contributed by atoms with E-state index in [-0.39, 0.29) is 10.5 Å². The lowest BCUT2D eigenvalue weighted by atomic mass is 9.85. The van der Waals surface area contributed by atoms with Crippen molar-refractivity contribution in [1.29, 1.82) is 0 Å². The van der Waals surface area contributed by atoms with E-state index < -0.39 is 16.4 Å². The predicted octanol–water partition coefficient (Wildman–Crippen LogP) is 2.50. The van der Waals surface area contributed by atoms with E-state index in [2.05, 4.69) is 11.1 Å². The number of pyridine rings is 1. The highest BCUT2D eigenvalue weighted by atomic mass is 32.2. The SMILES string of the molecule is O=S1C2CCC1CC(O)(c1ccc3cnccc3c1)C2. The molecule has 2 aliphatic rings. The van der Waals surface area contributed by atoms with Crippen molar-refractivity contribution in [2.75, 3.05) is 0 Å². The van der Waals surface area contributed by atoms with Crippen molar-refractivity contribution < 1.29 is 9.32 Å². The molecular weight excluding hydrogens is 270 g/mol. The second-order valence-corrected chi connectivity index (χ2v) is 8.02. The topological polar surface area (TPSA) is 50.2 Å². The maximum absolute atomic E-state index is 12.1. The number of rotatable bonds is 1. The van der Waals surface area contributed by atoms with Crippen molar-refractivity contribution in [3.05, 3.63) is 42.2 Å². The molecule has 1 aromatic carbocycles. The standard InChI is InChI=1S/C16H17NO2S/c18-16(8-14-3-4-15(9-16)20(14)19)13-2-1-12-10-17-6-5-11(12)7-13/h1-2,5-7,10,14-15,18H,3-4,8-9H2. The Morgan fingerprint density at radius 3 is 2.65 bits per heavy atom. The molecule has 4 rings (SSSR count). The summed E-state index contributed by atoms with van der Waals surface area (Å²) in [4.78, 5) is 4.11. The molecule has 20 heavy (non-hydrogen) atoms. The third-order valence-corrected chi connectivity index (χ3v) is 6.90. The molecule has 0 amide bonds. The van der Waals surface area contributed by atoms with Gasteiger partial charge in [-0.15, -0.1) is 0 Å².